The number of halogens is 1. The Kier molecular flexibility index (Phi) is 4.88. The molecule has 0 aliphatic carbocycles. The van der Waals surface area contributed by atoms with E-state index in [1.54, 1.807) is 6.92 Å². The molecule has 0 radical (unpaired) electrons. The summed E-state index contributed by atoms with van der Waals surface area (Å²) in [6.45, 7) is 1.86. The van der Waals surface area contributed by atoms with Crippen LogP contribution >= 0.6 is 0 Å². The van der Waals surface area contributed by atoms with E-state index < -0.39 is 0 Å². The number of hydrogen-bond donors (Lipinski definition) is 3. The van der Waals surface area contributed by atoms with Gasteiger partial charge in [0.2, 0.25) is 5.91 Å². The van der Waals surface area contributed by atoms with Gasteiger partial charge in [-0.3, -0.25) is 4.79 Å². The van der Waals surface area contributed by atoms with Gasteiger partial charge in [-0.05, 0) is 31.2 Å². The monoisotopic (exact) mass is 226 g/mol. The molecule has 0 bridgehead atoms. The summed E-state index contributed by atoms with van der Waals surface area (Å²) in [5, 5.41) is 14.2. The molecule has 1 atom stereocenters. The number of nitrogens with one attached hydrogen (secondary N) is 2. The SMILES string of the molecule is CC(CO)NCC(=O)Nc1ccc(F)cc1. The van der Waals surface area contributed by atoms with Crippen molar-refractivity contribution in [2.75, 3.05) is 18.5 Å². The van der Waals surface area contributed by atoms with Crippen molar-refractivity contribution < 1.29 is 14.3 Å². The van der Waals surface area contributed by atoms with Crippen LogP contribution in [0, 0.1) is 5.82 Å². The Bertz CT molecular complexity index is 340. The molecule has 0 aromatic heterocycles. The second-order valence-electron chi connectivity index (χ2n) is 3.52. The minimum atomic E-state index is -0.343. The van der Waals surface area contributed by atoms with Crippen LogP contribution in [0.3, 0.4) is 0 Å². The van der Waals surface area contributed by atoms with Gasteiger partial charge in [0.05, 0.1) is 13.2 Å². The fourth-order valence-electron chi connectivity index (χ4n) is 1.07. The second-order valence-corrected chi connectivity index (χ2v) is 3.52. The molecule has 16 heavy (non-hydrogen) atoms. The molecule has 4 nitrogen and oxygen atoms in total. The minimum Gasteiger partial charge on any atom is -0.395 e. The summed E-state index contributed by atoms with van der Waals surface area (Å²) in [6, 6.07) is 5.41. The predicted octanol–water partition coefficient (Wildman–Crippen LogP) is 0.735. The summed E-state index contributed by atoms with van der Waals surface area (Å²) in [7, 11) is 0. The Hall–Kier alpha value is -1.46. The Labute approximate surface area is 93.5 Å². The van der Waals surface area contributed by atoms with Crippen LogP contribution in [-0.2, 0) is 4.79 Å². The number of hydrogen-bond acceptors (Lipinski definition) is 3. The molecule has 1 amide bonds. The second kappa shape index (κ2) is 6.19. The summed E-state index contributed by atoms with van der Waals surface area (Å²) in [5.74, 6) is -0.572. The molecular formula is C11H15FN2O2. The van der Waals surface area contributed by atoms with E-state index in [4.69, 9.17) is 5.11 Å². The fraction of sp³-hybridized carbons (Fsp3) is 0.364. The lowest BCUT2D eigenvalue weighted by Crippen LogP contribution is -2.36. The van der Waals surface area contributed by atoms with Gasteiger partial charge in [-0.25, -0.2) is 4.39 Å². The first kappa shape index (κ1) is 12.6. The van der Waals surface area contributed by atoms with E-state index in [-0.39, 0.29) is 30.9 Å². The van der Waals surface area contributed by atoms with E-state index in [1.165, 1.54) is 24.3 Å². The first-order valence-electron chi connectivity index (χ1n) is 5.01. The number of benzene rings is 1. The third-order valence-corrected chi connectivity index (χ3v) is 2.01. The number of rotatable bonds is 5. The summed E-state index contributed by atoms with van der Waals surface area (Å²) >= 11 is 0. The van der Waals surface area contributed by atoms with Crippen LogP contribution in [0.15, 0.2) is 24.3 Å². The van der Waals surface area contributed by atoms with Gasteiger partial charge in [0.25, 0.3) is 0 Å². The molecule has 0 fully saturated rings. The zero-order chi connectivity index (χ0) is 12.0. The van der Waals surface area contributed by atoms with Crippen LogP contribution in [0.2, 0.25) is 0 Å². The van der Waals surface area contributed by atoms with Gasteiger partial charge < -0.3 is 15.7 Å². The van der Waals surface area contributed by atoms with Gasteiger partial charge >= 0.3 is 0 Å². The molecule has 1 unspecified atom stereocenters. The quantitative estimate of drug-likeness (QED) is 0.693. The molecule has 3 N–H and O–H groups in total. The highest BCUT2D eigenvalue weighted by molar-refractivity contribution is 5.92. The van der Waals surface area contributed by atoms with Crippen molar-refractivity contribution in [2.45, 2.75) is 13.0 Å². The summed E-state index contributed by atoms with van der Waals surface area (Å²) in [5.41, 5.74) is 0.546. The summed E-state index contributed by atoms with van der Waals surface area (Å²) in [6.07, 6.45) is 0. The van der Waals surface area contributed by atoms with Gasteiger partial charge in [-0.2, -0.15) is 0 Å². The van der Waals surface area contributed by atoms with E-state index in [2.05, 4.69) is 10.6 Å². The maximum atomic E-state index is 12.6. The molecule has 0 heterocycles. The van der Waals surface area contributed by atoms with Gasteiger partial charge in [0.15, 0.2) is 0 Å². The molecule has 1 aromatic carbocycles. The van der Waals surface area contributed by atoms with Crippen LogP contribution in [0.4, 0.5) is 10.1 Å². The molecular weight excluding hydrogens is 211 g/mol. The van der Waals surface area contributed by atoms with Crippen LogP contribution in [0.5, 0.6) is 0 Å². The number of anilines is 1. The molecule has 1 rings (SSSR count). The number of carbonyl (C=O) groups is 1. The van der Waals surface area contributed by atoms with Crippen molar-refractivity contribution in [1.82, 2.24) is 5.32 Å². The van der Waals surface area contributed by atoms with E-state index >= 15 is 0 Å². The summed E-state index contributed by atoms with van der Waals surface area (Å²) in [4.78, 5) is 11.4. The van der Waals surface area contributed by atoms with Crippen molar-refractivity contribution in [2.24, 2.45) is 0 Å². The minimum absolute atomic E-state index is 0.0240. The molecule has 0 aliphatic heterocycles. The van der Waals surface area contributed by atoms with Gasteiger partial charge in [-0.15, -0.1) is 0 Å². The van der Waals surface area contributed by atoms with Crippen molar-refractivity contribution in [3.8, 4) is 0 Å². The number of aliphatic hydroxyl groups excluding tert-OH is 1. The topological polar surface area (TPSA) is 61.4 Å². The average molecular weight is 226 g/mol. The van der Waals surface area contributed by atoms with Gasteiger partial charge in [0, 0.05) is 11.7 Å². The number of aliphatic hydroxyl groups is 1. The van der Waals surface area contributed by atoms with Crippen molar-refractivity contribution >= 4 is 11.6 Å². The fourth-order valence-corrected chi connectivity index (χ4v) is 1.07. The van der Waals surface area contributed by atoms with E-state index in [0.29, 0.717) is 5.69 Å². The Morgan fingerprint density at radius 2 is 2.06 bits per heavy atom. The molecule has 0 saturated carbocycles. The smallest absolute Gasteiger partial charge is 0.238 e. The molecule has 1 aromatic rings. The third kappa shape index (κ3) is 4.37. The third-order valence-electron chi connectivity index (χ3n) is 2.01. The van der Waals surface area contributed by atoms with E-state index in [1.807, 2.05) is 0 Å². The van der Waals surface area contributed by atoms with E-state index in [0.717, 1.165) is 0 Å². The van der Waals surface area contributed by atoms with Crippen molar-refractivity contribution in [3.05, 3.63) is 30.1 Å². The lowest BCUT2D eigenvalue weighted by molar-refractivity contribution is -0.115. The number of carbonyl (C=O) groups excluding carboxylic acids is 1. The first-order chi connectivity index (χ1) is 7.61. The normalized spacial score (nSPS) is 12.2. The maximum Gasteiger partial charge on any atom is 0.238 e. The Morgan fingerprint density at radius 1 is 1.44 bits per heavy atom. The van der Waals surface area contributed by atoms with Crippen LogP contribution in [-0.4, -0.2) is 30.2 Å². The summed E-state index contributed by atoms with van der Waals surface area (Å²) < 4.78 is 12.6. The maximum absolute atomic E-state index is 12.6. The van der Waals surface area contributed by atoms with Crippen molar-refractivity contribution in [3.63, 3.8) is 0 Å². The standard InChI is InChI=1S/C11H15FN2O2/c1-8(7-15)13-6-11(16)14-10-4-2-9(12)3-5-10/h2-5,8,13,15H,6-7H2,1H3,(H,14,16). The average Bonchev–Trinajstić information content (AvgIpc) is 2.29. The molecule has 5 heteroatoms. The highest BCUT2D eigenvalue weighted by atomic mass is 19.1. The van der Waals surface area contributed by atoms with E-state index in [9.17, 15) is 9.18 Å². The highest BCUT2D eigenvalue weighted by Gasteiger charge is 2.04. The zero-order valence-electron chi connectivity index (χ0n) is 9.03. The predicted molar refractivity (Wildman–Crippen MR) is 59.6 cm³/mol. The Balaban J connectivity index is 2.37. The molecule has 88 valence electrons. The largest absolute Gasteiger partial charge is 0.395 e. The highest BCUT2D eigenvalue weighted by Crippen LogP contribution is 2.07. The molecule has 0 aliphatic rings. The number of amides is 1. The Morgan fingerprint density at radius 3 is 2.62 bits per heavy atom. The van der Waals surface area contributed by atoms with Crippen molar-refractivity contribution in [1.29, 1.82) is 0 Å². The lowest BCUT2D eigenvalue weighted by Gasteiger charge is -2.10. The lowest BCUT2D eigenvalue weighted by atomic mass is 10.3. The van der Waals surface area contributed by atoms with Gasteiger partial charge in [0.1, 0.15) is 5.82 Å². The molecule has 0 spiro atoms. The molecule has 0 saturated heterocycles. The van der Waals surface area contributed by atoms with Crippen LogP contribution < -0.4 is 10.6 Å². The first-order valence-corrected chi connectivity index (χ1v) is 5.01. The zero-order valence-corrected chi connectivity index (χ0v) is 9.03. The van der Waals surface area contributed by atoms with Gasteiger partial charge in [-0.1, -0.05) is 0 Å². The van der Waals surface area contributed by atoms with Crippen LogP contribution in [0.1, 0.15) is 6.92 Å². The van der Waals surface area contributed by atoms with Crippen LogP contribution in [0.25, 0.3) is 0 Å².